The van der Waals surface area contributed by atoms with Crippen LogP contribution in [0.2, 0.25) is 0 Å². The quantitative estimate of drug-likeness (QED) is 0.746. The first-order valence-electron chi connectivity index (χ1n) is 4.09. The molecular weight excluding hydrogens is 222 g/mol. The highest BCUT2D eigenvalue weighted by Crippen LogP contribution is 2.28. The minimum absolute atomic E-state index is 0.123. The summed E-state index contributed by atoms with van der Waals surface area (Å²) in [5, 5.41) is 0. The van der Waals surface area contributed by atoms with Crippen molar-refractivity contribution in [2.24, 2.45) is 0 Å². The van der Waals surface area contributed by atoms with Crippen molar-refractivity contribution in [2.45, 2.75) is 25.4 Å². The van der Waals surface area contributed by atoms with E-state index in [0.29, 0.717) is 4.80 Å². The minimum atomic E-state index is 0.123. The number of nitrogens with zero attached hydrogens (tertiary/aromatic N) is 1. The molecule has 3 nitrogen and oxygen atoms in total. The Hall–Kier alpha value is -0.350. The van der Waals surface area contributed by atoms with Crippen LogP contribution >= 0.6 is 15.9 Å². The van der Waals surface area contributed by atoms with Crippen molar-refractivity contribution < 1.29 is 9.15 Å². The van der Waals surface area contributed by atoms with Gasteiger partial charge in [-0.05, 0) is 19.3 Å². The summed E-state index contributed by atoms with van der Waals surface area (Å²) in [4.78, 5) is 4.50. The third-order valence-corrected chi connectivity index (χ3v) is 2.36. The predicted molar refractivity (Wildman–Crippen MR) is 46.7 cm³/mol. The molecule has 0 spiro atoms. The minimum Gasteiger partial charge on any atom is -0.433 e. The van der Waals surface area contributed by atoms with Crippen LogP contribution in [0, 0.1) is 0 Å². The summed E-state index contributed by atoms with van der Waals surface area (Å²) in [5.74, 6) is 0.835. The van der Waals surface area contributed by atoms with Gasteiger partial charge in [0.2, 0.25) is 0 Å². The molecule has 1 saturated heterocycles. The third-order valence-electron chi connectivity index (χ3n) is 1.99. The molecule has 0 bridgehead atoms. The van der Waals surface area contributed by atoms with E-state index < -0.39 is 0 Å². The molecule has 0 amide bonds. The van der Waals surface area contributed by atoms with Gasteiger partial charge in [-0.3, -0.25) is 0 Å². The van der Waals surface area contributed by atoms with Crippen LogP contribution in [-0.2, 0) is 4.74 Å². The zero-order valence-corrected chi connectivity index (χ0v) is 8.21. The Kier molecular flexibility index (Phi) is 2.46. The molecule has 0 aliphatic carbocycles. The zero-order valence-electron chi connectivity index (χ0n) is 6.62. The molecule has 0 radical (unpaired) electrons. The summed E-state index contributed by atoms with van der Waals surface area (Å²) in [6, 6.07) is 0. The SMILES string of the molecule is Brc1ncc(C2CCCCO2)o1. The lowest BCUT2D eigenvalue weighted by Crippen LogP contribution is -2.10. The van der Waals surface area contributed by atoms with Crippen molar-refractivity contribution in [2.75, 3.05) is 6.61 Å². The summed E-state index contributed by atoms with van der Waals surface area (Å²) >= 11 is 3.17. The van der Waals surface area contributed by atoms with Crippen molar-refractivity contribution >= 4 is 15.9 Å². The van der Waals surface area contributed by atoms with E-state index in [4.69, 9.17) is 9.15 Å². The van der Waals surface area contributed by atoms with Crippen LogP contribution in [0.1, 0.15) is 31.1 Å². The monoisotopic (exact) mass is 231 g/mol. The molecule has 1 unspecified atom stereocenters. The molecular formula is C8H10BrNO2. The molecule has 1 aromatic rings. The second kappa shape index (κ2) is 3.58. The molecule has 1 aliphatic heterocycles. The van der Waals surface area contributed by atoms with Gasteiger partial charge in [-0.25, -0.2) is 4.98 Å². The maximum atomic E-state index is 5.52. The summed E-state index contributed by atoms with van der Waals surface area (Å²) in [7, 11) is 0. The van der Waals surface area contributed by atoms with Gasteiger partial charge in [0.15, 0.2) is 5.76 Å². The Morgan fingerprint density at radius 1 is 1.50 bits per heavy atom. The molecule has 1 atom stereocenters. The van der Waals surface area contributed by atoms with Crippen molar-refractivity contribution in [3.05, 3.63) is 16.8 Å². The van der Waals surface area contributed by atoms with E-state index in [9.17, 15) is 0 Å². The Morgan fingerprint density at radius 2 is 2.42 bits per heavy atom. The summed E-state index contributed by atoms with van der Waals surface area (Å²) < 4.78 is 10.8. The fraction of sp³-hybridized carbons (Fsp3) is 0.625. The fourth-order valence-corrected chi connectivity index (χ4v) is 1.67. The van der Waals surface area contributed by atoms with Gasteiger partial charge in [0.1, 0.15) is 6.10 Å². The lowest BCUT2D eigenvalue weighted by Gasteiger charge is -2.19. The Labute approximate surface area is 79.2 Å². The molecule has 12 heavy (non-hydrogen) atoms. The number of hydrogen-bond donors (Lipinski definition) is 0. The van der Waals surface area contributed by atoms with Crippen molar-refractivity contribution in [3.63, 3.8) is 0 Å². The van der Waals surface area contributed by atoms with E-state index in [1.165, 1.54) is 6.42 Å². The third kappa shape index (κ3) is 1.69. The molecule has 4 heteroatoms. The molecule has 2 rings (SSSR count). The Bertz CT molecular complexity index is 255. The highest BCUT2D eigenvalue weighted by atomic mass is 79.9. The normalized spacial score (nSPS) is 24.2. The van der Waals surface area contributed by atoms with Gasteiger partial charge in [0.25, 0.3) is 4.80 Å². The van der Waals surface area contributed by atoms with Crippen LogP contribution in [0.15, 0.2) is 15.4 Å². The maximum Gasteiger partial charge on any atom is 0.264 e. The van der Waals surface area contributed by atoms with E-state index in [1.54, 1.807) is 6.20 Å². The smallest absolute Gasteiger partial charge is 0.264 e. The zero-order chi connectivity index (χ0) is 8.39. The van der Waals surface area contributed by atoms with Crippen LogP contribution in [0.3, 0.4) is 0 Å². The average Bonchev–Trinajstić information content (AvgIpc) is 2.54. The lowest BCUT2D eigenvalue weighted by molar-refractivity contribution is 0.00139. The van der Waals surface area contributed by atoms with Crippen LogP contribution < -0.4 is 0 Å². The largest absolute Gasteiger partial charge is 0.433 e. The van der Waals surface area contributed by atoms with Crippen LogP contribution in [-0.4, -0.2) is 11.6 Å². The number of aromatic nitrogens is 1. The van der Waals surface area contributed by atoms with Crippen molar-refractivity contribution in [3.8, 4) is 0 Å². The summed E-state index contributed by atoms with van der Waals surface area (Å²) in [6.07, 6.45) is 5.26. The topological polar surface area (TPSA) is 35.3 Å². The molecule has 0 saturated carbocycles. The van der Waals surface area contributed by atoms with Crippen molar-refractivity contribution in [1.82, 2.24) is 4.98 Å². The number of hydrogen-bond acceptors (Lipinski definition) is 3. The molecule has 66 valence electrons. The van der Waals surface area contributed by atoms with Gasteiger partial charge in [0, 0.05) is 22.5 Å². The molecule has 1 aromatic heterocycles. The first kappa shape index (κ1) is 8.26. The summed E-state index contributed by atoms with van der Waals surface area (Å²) in [5.41, 5.74) is 0. The van der Waals surface area contributed by atoms with Gasteiger partial charge in [-0.2, -0.15) is 0 Å². The first-order valence-corrected chi connectivity index (χ1v) is 4.88. The second-order valence-corrected chi connectivity index (χ2v) is 3.55. The van der Waals surface area contributed by atoms with Crippen LogP contribution in [0.25, 0.3) is 0 Å². The number of rotatable bonds is 1. The number of oxazole rings is 1. The predicted octanol–water partition coefficient (Wildman–Crippen LogP) is 2.68. The fourth-order valence-electron chi connectivity index (χ4n) is 1.38. The highest BCUT2D eigenvalue weighted by Gasteiger charge is 2.19. The molecule has 1 fully saturated rings. The number of ether oxygens (including phenoxy) is 1. The van der Waals surface area contributed by atoms with Crippen LogP contribution in [0.5, 0.6) is 0 Å². The van der Waals surface area contributed by atoms with Gasteiger partial charge in [-0.1, -0.05) is 0 Å². The molecule has 0 N–H and O–H groups in total. The van der Waals surface area contributed by atoms with E-state index in [2.05, 4.69) is 20.9 Å². The summed E-state index contributed by atoms with van der Waals surface area (Å²) in [6.45, 7) is 0.836. The first-order chi connectivity index (χ1) is 5.86. The van der Waals surface area contributed by atoms with Crippen LogP contribution in [0.4, 0.5) is 0 Å². The van der Waals surface area contributed by atoms with E-state index >= 15 is 0 Å². The number of halogens is 1. The lowest BCUT2D eigenvalue weighted by atomic mass is 10.1. The molecule has 0 aromatic carbocycles. The van der Waals surface area contributed by atoms with E-state index in [1.807, 2.05) is 0 Å². The van der Waals surface area contributed by atoms with Gasteiger partial charge in [0.05, 0.1) is 6.20 Å². The Morgan fingerprint density at radius 3 is 3.00 bits per heavy atom. The van der Waals surface area contributed by atoms with Gasteiger partial charge >= 0.3 is 0 Å². The highest BCUT2D eigenvalue weighted by molar-refractivity contribution is 9.10. The van der Waals surface area contributed by atoms with E-state index in [-0.39, 0.29) is 6.10 Å². The Balaban J connectivity index is 2.08. The standard InChI is InChI=1S/C8H10BrNO2/c9-8-10-5-7(12-8)6-3-1-2-4-11-6/h5-6H,1-4H2. The van der Waals surface area contributed by atoms with Gasteiger partial charge < -0.3 is 9.15 Å². The average molecular weight is 232 g/mol. The van der Waals surface area contributed by atoms with Crippen molar-refractivity contribution in [1.29, 1.82) is 0 Å². The van der Waals surface area contributed by atoms with Gasteiger partial charge in [-0.15, -0.1) is 0 Å². The second-order valence-electron chi connectivity index (χ2n) is 2.87. The maximum absolute atomic E-state index is 5.52. The molecule has 1 aliphatic rings. The van der Waals surface area contributed by atoms with E-state index in [0.717, 1.165) is 25.2 Å². The molecule has 2 heterocycles.